The van der Waals surface area contributed by atoms with Crippen molar-refractivity contribution >= 4 is 11.2 Å². The van der Waals surface area contributed by atoms with Crippen LogP contribution in [0.3, 0.4) is 0 Å². The number of hydrogen-bond acceptors (Lipinski definition) is 3. The highest BCUT2D eigenvalue weighted by atomic mass is 16.2. The largest absolute Gasteiger partial charge is 0.330 e. The fourth-order valence-electron chi connectivity index (χ4n) is 3.93. The average Bonchev–Trinajstić information content (AvgIpc) is 2.88. The van der Waals surface area contributed by atoms with E-state index in [-0.39, 0.29) is 16.6 Å². The van der Waals surface area contributed by atoms with Crippen molar-refractivity contribution in [3.8, 4) is 0 Å². The Morgan fingerprint density at radius 3 is 1.96 bits per heavy atom. The second kappa shape index (κ2) is 7.68. The summed E-state index contributed by atoms with van der Waals surface area (Å²) in [5.41, 5.74) is -0.940. The molecule has 0 bridgehead atoms. The van der Waals surface area contributed by atoms with Crippen LogP contribution in [0.4, 0.5) is 0 Å². The standard InChI is InChI=1S/C17H28N4O3/c1-4-7-17(8-5-2,9-6-3)10-11-21-14(22)12-13(20-16(21)24)19-15(23)18-12/h4-11H2,1-3H3,(H,20,24)(H2,18,19,23). The summed E-state index contributed by atoms with van der Waals surface area (Å²) in [6.07, 6.45) is 7.38. The maximum atomic E-state index is 12.5. The summed E-state index contributed by atoms with van der Waals surface area (Å²) in [5, 5.41) is 0. The van der Waals surface area contributed by atoms with Gasteiger partial charge in [-0.05, 0) is 31.1 Å². The van der Waals surface area contributed by atoms with Crippen LogP contribution in [-0.2, 0) is 6.54 Å². The van der Waals surface area contributed by atoms with E-state index in [2.05, 4.69) is 35.7 Å². The number of hydrogen-bond donors (Lipinski definition) is 3. The topological polar surface area (TPSA) is 104 Å². The number of nitrogens with one attached hydrogen (secondary N) is 3. The molecule has 0 saturated heterocycles. The van der Waals surface area contributed by atoms with E-state index in [4.69, 9.17) is 0 Å². The number of nitrogens with zero attached hydrogens (tertiary/aromatic N) is 1. The third-order valence-electron chi connectivity index (χ3n) is 4.87. The smallest absolute Gasteiger partial charge is 0.300 e. The Hall–Kier alpha value is -2.05. The molecule has 0 amide bonds. The molecule has 3 N–H and O–H groups in total. The van der Waals surface area contributed by atoms with Crippen molar-refractivity contribution < 1.29 is 0 Å². The minimum Gasteiger partial charge on any atom is -0.300 e. The first-order valence-corrected chi connectivity index (χ1v) is 8.91. The Labute approximate surface area is 140 Å². The molecule has 134 valence electrons. The monoisotopic (exact) mass is 336 g/mol. The first kappa shape index (κ1) is 18.3. The number of aromatic amines is 3. The van der Waals surface area contributed by atoms with Crippen molar-refractivity contribution in [3.63, 3.8) is 0 Å². The van der Waals surface area contributed by atoms with Crippen LogP contribution in [0.25, 0.3) is 11.2 Å². The van der Waals surface area contributed by atoms with Crippen LogP contribution in [0.5, 0.6) is 0 Å². The number of imidazole rings is 1. The van der Waals surface area contributed by atoms with Gasteiger partial charge in [-0.15, -0.1) is 0 Å². The number of H-pyrrole nitrogens is 3. The Kier molecular flexibility index (Phi) is 5.85. The molecule has 2 aromatic heterocycles. The van der Waals surface area contributed by atoms with Crippen LogP contribution >= 0.6 is 0 Å². The summed E-state index contributed by atoms with van der Waals surface area (Å²) in [6, 6.07) is 0. The normalized spacial score (nSPS) is 12.1. The molecule has 7 nitrogen and oxygen atoms in total. The van der Waals surface area contributed by atoms with E-state index in [1.165, 1.54) is 4.57 Å². The molecule has 0 aliphatic carbocycles. The van der Waals surface area contributed by atoms with Gasteiger partial charge in [-0.3, -0.25) is 24.3 Å². The van der Waals surface area contributed by atoms with E-state index in [1.54, 1.807) is 0 Å². The lowest BCUT2D eigenvalue weighted by Gasteiger charge is -2.33. The number of rotatable bonds is 9. The van der Waals surface area contributed by atoms with Gasteiger partial charge >= 0.3 is 11.4 Å². The van der Waals surface area contributed by atoms with E-state index >= 15 is 0 Å². The molecular formula is C17H28N4O3. The van der Waals surface area contributed by atoms with Gasteiger partial charge in [0.05, 0.1) is 0 Å². The highest BCUT2D eigenvalue weighted by molar-refractivity contribution is 5.67. The quantitative estimate of drug-likeness (QED) is 0.655. The van der Waals surface area contributed by atoms with Gasteiger partial charge in [0.25, 0.3) is 5.56 Å². The van der Waals surface area contributed by atoms with Gasteiger partial charge in [0.1, 0.15) is 5.65 Å². The summed E-state index contributed by atoms with van der Waals surface area (Å²) in [7, 11) is 0. The van der Waals surface area contributed by atoms with Crippen molar-refractivity contribution in [1.29, 1.82) is 0 Å². The zero-order valence-corrected chi connectivity index (χ0v) is 14.8. The minimum atomic E-state index is -0.493. The molecule has 2 aromatic rings. The second-order valence-electron chi connectivity index (χ2n) is 6.72. The van der Waals surface area contributed by atoms with Gasteiger partial charge in [-0.2, -0.15) is 0 Å². The third-order valence-corrected chi connectivity index (χ3v) is 4.87. The van der Waals surface area contributed by atoms with E-state index < -0.39 is 16.9 Å². The van der Waals surface area contributed by atoms with Gasteiger partial charge in [0, 0.05) is 6.54 Å². The molecule has 2 heterocycles. The second-order valence-corrected chi connectivity index (χ2v) is 6.72. The van der Waals surface area contributed by atoms with Crippen molar-refractivity contribution in [1.82, 2.24) is 19.5 Å². The zero-order valence-electron chi connectivity index (χ0n) is 14.8. The maximum absolute atomic E-state index is 12.5. The lowest BCUT2D eigenvalue weighted by Crippen LogP contribution is -2.37. The Bertz CT molecular complexity index is 823. The van der Waals surface area contributed by atoms with Crippen LogP contribution < -0.4 is 16.9 Å². The predicted molar refractivity (Wildman–Crippen MR) is 95.6 cm³/mol. The first-order valence-electron chi connectivity index (χ1n) is 8.91. The van der Waals surface area contributed by atoms with Gasteiger partial charge in [-0.1, -0.05) is 40.0 Å². The van der Waals surface area contributed by atoms with Gasteiger partial charge < -0.3 is 0 Å². The average molecular weight is 336 g/mol. The summed E-state index contributed by atoms with van der Waals surface area (Å²) in [6.45, 7) is 6.90. The van der Waals surface area contributed by atoms with Gasteiger partial charge in [0.2, 0.25) is 0 Å². The van der Waals surface area contributed by atoms with Crippen molar-refractivity contribution in [3.05, 3.63) is 31.3 Å². The van der Waals surface area contributed by atoms with E-state index in [0.717, 1.165) is 44.9 Å². The predicted octanol–water partition coefficient (Wildman–Crippen LogP) is 2.48. The van der Waals surface area contributed by atoms with E-state index in [9.17, 15) is 14.4 Å². The van der Waals surface area contributed by atoms with Crippen LogP contribution in [0.2, 0.25) is 0 Å². The minimum absolute atomic E-state index is 0.131. The number of fused-ring (bicyclic) bond motifs is 1. The van der Waals surface area contributed by atoms with Crippen LogP contribution in [0, 0.1) is 5.41 Å². The molecule has 0 saturated carbocycles. The third kappa shape index (κ3) is 3.71. The SMILES string of the molecule is CCCC(CCC)(CCC)CCn1c(=O)[nH]c2[nH]c(=O)[nH]c2c1=O. The lowest BCUT2D eigenvalue weighted by atomic mass is 9.73. The molecule has 0 atom stereocenters. The Morgan fingerprint density at radius 1 is 0.833 bits per heavy atom. The lowest BCUT2D eigenvalue weighted by molar-refractivity contribution is 0.180. The molecular weight excluding hydrogens is 308 g/mol. The Balaban J connectivity index is 2.35. The molecule has 0 aromatic carbocycles. The van der Waals surface area contributed by atoms with Crippen LogP contribution in [0.15, 0.2) is 14.4 Å². The first-order chi connectivity index (χ1) is 11.5. The maximum Gasteiger partial charge on any atom is 0.330 e. The van der Waals surface area contributed by atoms with Gasteiger partial charge in [0.15, 0.2) is 5.52 Å². The zero-order chi connectivity index (χ0) is 17.7. The van der Waals surface area contributed by atoms with Gasteiger partial charge in [-0.25, -0.2) is 9.59 Å². The Morgan fingerprint density at radius 2 is 1.42 bits per heavy atom. The highest BCUT2D eigenvalue weighted by Gasteiger charge is 2.27. The van der Waals surface area contributed by atoms with Crippen molar-refractivity contribution in [2.75, 3.05) is 0 Å². The molecule has 0 fully saturated rings. The summed E-state index contributed by atoms with van der Waals surface area (Å²) >= 11 is 0. The molecule has 0 unspecified atom stereocenters. The molecule has 0 aliphatic rings. The summed E-state index contributed by atoms with van der Waals surface area (Å²) in [5.74, 6) is 0. The van der Waals surface area contributed by atoms with E-state index in [1.807, 2.05) is 0 Å². The highest BCUT2D eigenvalue weighted by Crippen LogP contribution is 2.38. The molecule has 0 radical (unpaired) electrons. The molecule has 2 rings (SSSR count). The van der Waals surface area contributed by atoms with Crippen LogP contribution in [-0.4, -0.2) is 19.5 Å². The van der Waals surface area contributed by atoms with Crippen molar-refractivity contribution in [2.45, 2.75) is 72.3 Å². The fraction of sp³-hybridized carbons (Fsp3) is 0.706. The molecule has 7 heteroatoms. The summed E-state index contributed by atoms with van der Waals surface area (Å²) in [4.78, 5) is 43.5. The number of aromatic nitrogens is 4. The molecule has 0 aliphatic heterocycles. The molecule has 0 spiro atoms. The summed E-state index contributed by atoms with van der Waals surface area (Å²) < 4.78 is 1.21. The molecule has 24 heavy (non-hydrogen) atoms. The van der Waals surface area contributed by atoms with Crippen molar-refractivity contribution in [2.24, 2.45) is 5.41 Å². The van der Waals surface area contributed by atoms with E-state index in [0.29, 0.717) is 6.54 Å². The van der Waals surface area contributed by atoms with Crippen LogP contribution in [0.1, 0.15) is 65.7 Å². The fourth-order valence-corrected chi connectivity index (χ4v) is 3.93.